The number of hydrogen-bond donors (Lipinski definition) is 1. The second-order valence-corrected chi connectivity index (χ2v) is 7.42. The molecule has 1 nitrogen and oxygen atoms in total. The van der Waals surface area contributed by atoms with Crippen molar-refractivity contribution in [2.45, 2.75) is 66.5 Å². The van der Waals surface area contributed by atoms with Gasteiger partial charge in [-0.3, -0.25) is 0 Å². The average molecular weight is 277 g/mol. The molecule has 0 radical (unpaired) electrons. The van der Waals surface area contributed by atoms with Crippen molar-refractivity contribution in [3.8, 4) is 0 Å². The van der Waals surface area contributed by atoms with Gasteiger partial charge in [-0.15, -0.1) is 0 Å². The van der Waals surface area contributed by atoms with Crippen molar-refractivity contribution in [1.29, 1.82) is 0 Å². The minimum absolute atomic E-state index is 0.0680. The van der Waals surface area contributed by atoms with E-state index in [0.717, 1.165) is 17.7 Å². The highest BCUT2D eigenvalue weighted by molar-refractivity contribution is 5.30. The van der Waals surface area contributed by atoms with Crippen molar-refractivity contribution in [2.75, 3.05) is 0 Å². The lowest BCUT2D eigenvalue weighted by molar-refractivity contribution is 0.148. The zero-order chi connectivity index (χ0) is 14.9. The minimum Gasteiger partial charge on any atom is -0.310 e. The van der Waals surface area contributed by atoms with Gasteiger partial charge in [-0.2, -0.15) is 0 Å². The Bertz CT molecular complexity index is 455. The molecule has 1 saturated carbocycles. The molecule has 112 valence electrons. The Morgan fingerprint density at radius 1 is 1.25 bits per heavy atom. The molecule has 20 heavy (non-hydrogen) atoms. The van der Waals surface area contributed by atoms with Gasteiger partial charge in [0.05, 0.1) is 0 Å². The molecule has 2 rings (SSSR count). The summed E-state index contributed by atoms with van der Waals surface area (Å²) in [6.07, 6.45) is 3.82. The SMILES string of the molecule is Cc1cc(CNC2CCC(C)(C)CC2C)cc(C)c1F. The summed E-state index contributed by atoms with van der Waals surface area (Å²) in [6.45, 7) is 11.6. The molecule has 0 aromatic heterocycles. The van der Waals surface area contributed by atoms with E-state index in [2.05, 4.69) is 26.1 Å². The van der Waals surface area contributed by atoms with Crippen molar-refractivity contribution >= 4 is 0 Å². The summed E-state index contributed by atoms with van der Waals surface area (Å²) in [7, 11) is 0. The van der Waals surface area contributed by atoms with E-state index in [1.54, 1.807) is 0 Å². The lowest BCUT2D eigenvalue weighted by Crippen LogP contribution is -2.41. The van der Waals surface area contributed by atoms with E-state index in [9.17, 15) is 4.39 Å². The number of benzene rings is 1. The summed E-state index contributed by atoms with van der Waals surface area (Å²) in [6, 6.07) is 4.52. The summed E-state index contributed by atoms with van der Waals surface area (Å²) in [5, 5.41) is 3.68. The van der Waals surface area contributed by atoms with E-state index < -0.39 is 0 Å². The van der Waals surface area contributed by atoms with Crippen LogP contribution in [-0.4, -0.2) is 6.04 Å². The zero-order valence-corrected chi connectivity index (χ0v) is 13.5. The van der Waals surface area contributed by atoms with Crippen LogP contribution in [0.2, 0.25) is 0 Å². The van der Waals surface area contributed by atoms with Crippen molar-refractivity contribution in [2.24, 2.45) is 11.3 Å². The maximum absolute atomic E-state index is 13.6. The molecule has 0 aliphatic heterocycles. The number of halogens is 1. The monoisotopic (exact) mass is 277 g/mol. The van der Waals surface area contributed by atoms with Gasteiger partial charge in [0, 0.05) is 12.6 Å². The highest BCUT2D eigenvalue weighted by atomic mass is 19.1. The molecule has 0 saturated heterocycles. The molecule has 1 aliphatic rings. The van der Waals surface area contributed by atoms with Gasteiger partial charge in [0.1, 0.15) is 5.82 Å². The largest absolute Gasteiger partial charge is 0.310 e. The fourth-order valence-electron chi connectivity index (χ4n) is 3.64. The van der Waals surface area contributed by atoms with E-state index in [-0.39, 0.29) is 5.82 Å². The normalized spacial score (nSPS) is 25.7. The van der Waals surface area contributed by atoms with Crippen LogP contribution in [-0.2, 0) is 6.54 Å². The van der Waals surface area contributed by atoms with E-state index in [4.69, 9.17) is 0 Å². The van der Waals surface area contributed by atoms with Gasteiger partial charge in [0.15, 0.2) is 0 Å². The first-order valence-electron chi connectivity index (χ1n) is 7.77. The van der Waals surface area contributed by atoms with Crippen LogP contribution in [0.25, 0.3) is 0 Å². The Morgan fingerprint density at radius 2 is 1.85 bits per heavy atom. The van der Waals surface area contributed by atoms with Crippen LogP contribution in [0, 0.1) is 31.0 Å². The third kappa shape index (κ3) is 3.60. The molecule has 2 unspecified atom stereocenters. The fraction of sp³-hybridized carbons (Fsp3) is 0.667. The summed E-state index contributed by atoms with van der Waals surface area (Å²) >= 11 is 0. The Labute approximate surface area is 123 Å². The van der Waals surface area contributed by atoms with E-state index in [0.29, 0.717) is 17.4 Å². The Hall–Kier alpha value is -0.890. The van der Waals surface area contributed by atoms with Crippen molar-refractivity contribution < 1.29 is 4.39 Å². The minimum atomic E-state index is -0.0680. The van der Waals surface area contributed by atoms with Crippen molar-refractivity contribution in [1.82, 2.24) is 5.32 Å². The molecular formula is C18H28FN. The first kappa shape index (κ1) is 15.5. The molecular weight excluding hydrogens is 249 g/mol. The fourth-order valence-corrected chi connectivity index (χ4v) is 3.64. The molecule has 0 bridgehead atoms. The van der Waals surface area contributed by atoms with Crippen molar-refractivity contribution in [3.05, 3.63) is 34.6 Å². The first-order valence-corrected chi connectivity index (χ1v) is 7.77. The highest BCUT2D eigenvalue weighted by Gasteiger charge is 2.31. The lowest BCUT2D eigenvalue weighted by Gasteiger charge is -2.39. The zero-order valence-electron chi connectivity index (χ0n) is 13.5. The Kier molecular flexibility index (Phi) is 4.53. The Morgan fingerprint density at radius 3 is 2.40 bits per heavy atom. The average Bonchev–Trinajstić information content (AvgIpc) is 2.34. The second-order valence-electron chi connectivity index (χ2n) is 7.42. The maximum atomic E-state index is 13.6. The van der Waals surface area contributed by atoms with Gasteiger partial charge in [0.25, 0.3) is 0 Å². The van der Waals surface area contributed by atoms with Gasteiger partial charge < -0.3 is 5.32 Å². The molecule has 1 N–H and O–H groups in total. The third-order valence-electron chi connectivity index (χ3n) is 4.76. The van der Waals surface area contributed by atoms with Gasteiger partial charge in [-0.25, -0.2) is 4.39 Å². The number of nitrogens with one attached hydrogen (secondary N) is 1. The summed E-state index contributed by atoms with van der Waals surface area (Å²) in [5.74, 6) is 0.642. The van der Waals surface area contributed by atoms with Crippen LogP contribution < -0.4 is 5.32 Å². The van der Waals surface area contributed by atoms with Crippen molar-refractivity contribution in [3.63, 3.8) is 0 Å². The topological polar surface area (TPSA) is 12.0 Å². The van der Waals surface area contributed by atoms with Crippen LogP contribution in [0.3, 0.4) is 0 Å². The lowest BCUT2D eigenvalue weighted by atomic mass is 9.70. The summed E-state index contributed by atoms with van der Waals surface area (Å²) in [5.41, 5.74) is 3.18. The summed E-state index contributed by atoms with van der Waals surface area (Å²) in [4.78, 5) is 0. The molecule has 0 heterocycles. The number of rotatable bonds is 3. The molecule has 2 atom stereocenters. The second kappa shape index (κ2) is 5.85. The molecule has 1 aromatic carbocycles. The molecule has 1 aromatic rings. The Balaban J connectivity index is 1.96. The van der Waals surface area contributed by atoms with Gasteiger partial charge in [-0.1, -0.05) is 32.9 Å². The predicted octanol–water partition coefficient (Wildman–Crippen LogP) is 4.75. The highest BCUT2D eigenvalue weighted by Crippen LogP contribution is 2.38. The van der Waals surface area contributed by atoms with Gasteiger partial charge in [-0.05, 0) is 61.1 Å². The van der Waals surface area contributed by atoms with E-state index in [1.165, 1.54) is 24.8 Å². The molecule has 1 aliphatic carbocycles. The van der Waals surface area contributed by atoms with Crippen LogP contribution in [0.1, 0.15) is 56.7 Å². The quantitative estimate of drug-likeness (QED) is 0.841. The first-order chi connectivity index (χ1) is 9.28. The predicted molar refractivity (Wildman–Crippen MR) is 83.3 cm³/mol. The maximum Gasteiger partial charge on any atom is 0.129 e. The van der Waals surface area contributed by atoms with E-state index >= 15 is 0 Å². The van der Waals surface area contributed by atoms with Crippen LogP contribution in [0.15, 0.2) is 12.1 Å². The standard InChI is InChI=1S/C18H28FN/c1-12-8-15(9-13(2)17(12)19)11-20-16-6-7-18(4,5)10-14(16)3/h8-9,14,16,20H,6-7,10-11H2,1-5H3. The van der Waals surface area contributed by atoms with Crippen LogP contribution in [0.5, 0.6) is 0 Å². The van der Waals surface area contributed by atoms with Crippen LogP contribution in [0.4, 0.5) is 4.39 Å². The molecule has 0 spiro atoms. The molecule has 2 heteroatoms. The molecule has 1 fully saturated rings. The van der Waals surface area contributed by atoms with Crippen LogP contribution >= 0.6 is 0 Å². The number of hydrogen-bond acceptors (Lipinski definition) is 1. The van der Waals surface area contributed by atoms with E-state index in [1.807, 2.05) is 26.0 Å². The number of aryl methyl sites for hydroxylation is 2. The van der Waals surface area contributed by atoms with Gasteiger partial charge in [0.2, 0.25) is 0 Å². The summed E-state index contributed by atoms with van der Waals surface area (Å²) < 4.78 is 13.6. The smallest absolute Gasteiger partial charge is 0.129 e. The third-order valence-corrected chi connectivity index (χ3v) is 4.76. The molecule has 0 amide bonds. The van der Waals surface area contributed by atoms with Gasteiger partial charge >= 0.3 is 0 Å².